The Morgan fingerprint density at radius 1 is 0.896 bits per heavy atom. The Hall–Kier alpha value is -4.62. The van der Waals surface area contributed by atoms with E-state index in [1.54, 1.807) is 13.8 Å². The van der Waals surface area contributed by atoms with Gasteiger partial charge >= 0.3 is 5.97 Å². The number of rotatable bonds is 12. The zero-order valence-electron chi connectivity index (χ0n) is 27.2. The van der Waals surface area contributed by atoms with Gasteiger partial charge in [0.05, 0.1) is 23.6 Å². The Morgan fingerprint density at radius 3 is 1.73 bits per heavy atom. The fourth-order valence-electron chi connectivity index (χ4n) is 6.44. The molecule has 0 saturated carbocycles. The van der Waals surface area contributed by atoms with E-state index in [0.717, 1.165) is 21.5 Å². The summed E-state index contributed by atoms with van der Waals surface area (Å²) < 4.78 is 6.14. The van der Waals surface area contributed by atoms with Crippen LogP contribution in [0.1, 0.15) is 26.3 Å². The van der Waals surface area contributed by atoms with E-state index in [0.29, 0.717) is 0 Å². The zero-order valence-corrected chi connectivity index (χ0v) is 28.9. The zero-order chi connectivity index (χ0) is 34.5. The summed E-state index contributed by atoms with van der Waals surface area (Å²) in [6, 6.07) is 36.4. The van der Waals surface area contributed by atoms with Crippen molar-refractivity contribution in [2.24, 2.45) is 5.92 Å². The van der Waals surface area contributed by atoms with Crippen LogP contribution in [0.15, 0.2) is 134 Å². The number of aliphatic hydroxyl groups is 1. The maximum Gasteiger partial charge on any atom is 0.356 e. The van der Waals surface area contributed by atoms with Crippen LogP contribution < -0.4 is 21.2 Å². The molecule has 48 heavy (non-hydrogen) atoms. The van der Waals surface area contributed by atoms with Crippen molar-refractivity contribution in [2.45, 2.75) is 45.1 Å². The van der Waals surface area contributed by atoms with Crippen molar-refractivity contribution in [3.8, 4) is 0 Å². The largest absolute Gasteiger partial charge is 0.456 e. The van der Waals surface area contributed by atoms with Crippen molar-refractivity contribution < 1.29 is 24.2 Å². The Kier molecular flexibility index (Phi) is 10.6. The van der Waals surface area contributed by atoms with Gasteiger partial charge in [0.15, 0.2) is 0 Å². The minimum atomic E-state index is -3.24. The molecule has 1 heterocycles. The SMILES string of the molecule is C=CC(=S)C(NC(C)=O)[C@@H]1C(C(C)(C)O)C(=O)N1C(C(=O)OCc1ccccc1)=P(c1ccccc1)(c1ccccc1)c1ccccc1. The van der Waals surface area contributed by atoms with E-state index < -0.39 is 42.4 Å². The van der Waals surface area contributed by atoms with E-state index in [2.05, 4.69) is 11.9 Å². The summed E-state index contributed by atoms with van der Waals surface area (Å²) in [4.78, 5) is 44.0. The standard InChI is InChI=1S/C39H39N2O5PS/c1-5-32(48)34(40-27(2)42)35-33(39(3,4)45)36(43)41(35)37(38(44)46-26-28-18-10-6-11-19-28)47(29-20-12-7-13-21-29,30-22-14-8-15-23-30)31-24-16-9-17-25-31/h5-25,33-35,45H,1,26H2,2-4H3,(H,40,42)/t33?,34?,35-/m0/s1. The third-order valence-electron chi connectivity index (χ3n) is 8.48. The summed E-state index contributed by atoms with van der Waals surface area (Å²) in [6.07, 6.45) is 1.44. The van der Waals surface area contributed by atoms with Crippen molar-refractivity contribution in [3.05, 3.63) is 140 Å². The third kappa shape index (κ3) is 6.70. The van der Waals surface area contributed by atoms with Crippen LogP contribution in [0.5, 0.6) is 0 Å². The Labute approximate surface area is 287 Å². The topological polar surface area (TPSA) is 95.9 Å². The molecule has 4 aromatic rings. The fraction of sp³-hybridized carbons (Fsp3) is 0.205. The van der Waals surface area contributed by atoms with Crippen molar-refractivity contribution in [3.63, 3.8) is 0 Å². The van der Waals surface area contributed by atoms with Crippen molar-refractivity contribution >= 4 is 63.1 Å². The predicted octanol–water partition coefficient (Wildman–Crippen LogP) is 4.51. The van der Waals surface area contributed by atoms with Crippen LogP contribution in [-0.2, 0) is 25.7 Å². The van der Waals surface area contributed by atoms with E-state index in [9.17, 15) is 14.7 Å². The van der Waals surface area contributed by atoms with E-state index in [-0.39, 0.29) is 22.8 Å². The van der Waals surface area contributed by atoms with E-state index in [4.69, 9.17) is 17.0 Å². The second kappa shape index (κ2) is 14.7. The van der Waals surface area contributed by atoms with Crippen LogP contribution in [0.25, 0.3) is 0 Å². The first-order chi connectivity index (χ1) is 23.0. The van der Waals surface area contributed by atoms with E-state index >= 15 is 4.79 Å². The second-order valence-electron chi connectivity index (χ2n) is 12.2. The van der Waals surface area contributed by atoms with Crippen LogP contribution in [0, 0.1) is 5.92 Å². The molecule has 0 aliphatic carbocycles. The summed E-state index contributed by atoms with van der Waals surface area (Å²) in [7, 11) is 0. The molecule has 1 saturated heterocycles. The number of hydrogen-bond donors (Lipinski definition) is 2. The van der Waals surface area contributed by atoms with Crippen molar-refractivity contribution in [1.29, 1.82) is 0 Å². The van der Waals surface area contributed by atoms with Gasteiger partial charge in [-0.15, -0.1) is 0 Å². The molecule has 0 spiro atoms. The number of carbonyl (C=O) groups excluding carboxylic acids is 3. The lowest BCUT2D eigenvalue weighted by Crippen LogP contribution is -2.76. The average Bonchev–Trinajstić information content (AvgIpc) is 3.09. The Balaban J connectivity index is 1.94. The summed E-state index contributed by atoms with van der Waals surface area (Å²) in [5.41, 5.74) is -0.629. The summed E-state index contributed by atoms with van der Waals surface area (Å²) in [5.74, 6) is -2.58. The molecule has 7 nitrogen and oxygen atoms in total. The summed E-state index contributed by atoms with van der Waals surface area (Å²) >= 11 is 5.71. The molecule has 246 valence electrons. The van der Waals surface area contributed by atoms with Crippen LogP contribution in [0.3, 0.4) is 0 Å². The molecule has 1 aliphatic rings. The number of nitrogens with zero attached hydrogens (tertiary/aromatic N) is 1. The first-order valence-corrected chi connectivity index (χ1v) is 17.8. The predicted molar refractivity (Wildman–Crippen MR) is 197 cm³/mol. The quantitative estimate of drug-likeness (QED) is 0.0753. The number of esters is 1. The Morgan fingerprint density at radius 2 is 1.33 bits per heavy atom. The second-order valence-corrected chi connectivity index (χ2v) is 16.0. The van der Waals surface area contributed by atoms with Gasteiger partial charge in [-0.2, -0.15) is 0 Å². The molecule has 1 aliphatic heterocycles. The van der Waals surface area contributed by atoms with Crippen LogP contribution in [0.2, 0.25) is 0 Å². The van der Waals surface area contributed by atoms with Crippen LogP contribution in [-0.4, -0.2) is 55.8 Å². The molecule has 5 rings (SSSR count). The number of benzene rings is 4. The number of thiocarbonyl (C=S) groups is 1. The Bertz CT molecular complexity index is 1750. The minimum absolute atomic E-state index is 0.0383. The molecule has 2 amide bonds. The van der Waals surface area contributed by atoms with Crippen molar-refractivity contribution in [2.75, 3.05) is 0 Å². The highest BCUT2D eigenvalue weighted by atomic mass is 32.1. The third-order valence-corrected chi connectivity index (χ3v) is 13.2. The average molecular weight is 679 g/mol. The number of ether oxygens (including phenoxy) is 1. The molecule has 9 heteroatoms. The van der Waals surface area contributed by atoms with Gasteiger partial charge < -0.3 is 15.2 Å². The molecular weight excluding hydrogens is 639 g/mol. The number of carbonyl (C=O) groups is 3. The van der Waals surface area contributed by atoms with Gasteiger partial charge in [-0.3, -0.25) is 14.5 Å². The summed E-state index contributed by atoms with van der Waals surface area (Å²) in [6.45, 7) is 5.01. The van der Waals surface area contributed by atoms with Gasteiger partial charge in [0.25, 0.3) is 0 Å². The molecule has 1 fully saturated rings. The van der Waals surface area contributed by atoms with Gasteiger partial charge in [0.2, 0.25) is 11.8 Å². The first-order valence-electron chi connectivity index (χ1n) is 15.6. The number of β-lactam (4-membered cyclic amide) rings is 1. The molecule has 0 radical (unpaired) electrons. The highest BCUT2D eigenvalue weighted by Crippen LogP contribution is 2.50. The smallest absolute Gasteiger partial charge is 0.356 e. The minimum Gasteiger partial charge on any atom is -0.456 e. The van der Waals surface area contributed by atoms with Crippen LogP contribution in [0.4, 0.5) is 0 Å². The van der Waals surface area contributed by atoms with Gasteiger partial charge in [-0.05, 0) is 35.3 Å². The fourth-order valence-corrected chi connectivity index (χ4v) is 11.0. The molecule has 4 aromatic carbocycles. The first kappa shape index (κ1) is 34.7. The monoisotopic (exact) mass is 678 g/mol. The number of amides is 2. The summed E-state index contributed by atoms with van der Waals surface area (Å²) in [5, 5.41) is 16.8. The van der Waals surface area contributed by atoms with Crippen LogP contribution >= 0.6 is 19.1 Å². The highest BCUT2D eigenvalue weighted by molar-refractivity contribution is 7.96. The van der Waals surface area contributed by atoms with Gasteiger partial charge in [0.1, 0.15) is 12.0 Å². The lowest BCUT2D eigenvalue weighted by molar-refractivity contribution is -0.167. The molecule has 0 aromatic heterocycles. The number of hydrogen-bond acceptors (Lipinski definition) is 6. The maximum atomic E-state index is 15.0. The number of nitrogens with one attached hydrogen (secondary N) is 1. The van der Waals surface area contributed by atoms with Gasteiger partial charge in [0, 0.05) is 18.7 Å². The van der Waals surface area contributed by atoms with Gasteiger partial charge in [-0.1, -0.05) is 146 Å². The highest BCUT2D eigenvalue weighted by Gasteiger charge is 2.61. The lowest BCUT2D eigenvalue weighted by Gasteiger charge is -2.55. The molecule has 3 atom stereocenters. The lowest BCUT2D eigenvalue weighted by atomic mass is 9.72. The van der Waals surface area contributed by atoms with Crippen molar-refractivity contribution in [1.82, 2.24) is 10.2 Å². The molecule has 2 N–H and O–H groups in total. The van der Waals surface area contributed by atoms with E-state index in [1.807, 2.05) is 121 Å². The molecule has 2 unspecified atom stereocenters. The normalized spacial score (nSPS) is 16.7. The molecular formula is C39H39N2O5PS. The van der Waals surface area contributed by atoms with E-state index in [1.165, 1.54) is 17.9 Å². The van der Waals surface area contributed by atoms with Gasteiger partial charge in [-0.25, -0.2) is 4.79 Å². The molecule has 0 bridgehead atoms. The maximum absolute atomic E-state index is 15.0. The number of likely N-dealkylation sites (tertiary alicyclic amines) is 1.